The number of hydrogen-bond donors (Lipinski definition) is 0. The number of alkyl halides is 8. The lowest BCUT2D eigenvalue weighted by atomic mass is 10.1. The zero-order valence-electron chi connectivity index (χ0n) is 9.66. The molecule has 9 heteroatoms. The first kappa shape index (κ1) is 17.4. The van der Waals surface area contributed by atoms with Crippen LogP contribution in [0.2, 0.25) is 0 Å². The highest BCUT2D eigenvalue weighted by atomic mass is 19.3. The van der Waals surface area contributed by atoms with Gasteiger partial charge in [0.1, 0.15) is 0 Å². The summed E-state index contributed by atoms with van der Waals surface area (Å²) in [6.45, 7) is 3.23. The topological polar surface area (TPSA) is 9.23 Å². The molecule has 18 heavy (non-hydrogen) atoms. The van der Waals surface area contributed by atoms with Crippen LogP contribution in [0.1, 0.15) is 20.8 Å². The quantitative estimate of drug-likeness (QED) is 0.695. The fraction of sp³-hybridized carbons (Fsp3) is 1.00. The fourth-order valence-corrected chi connectivity index (χ4v) is 0.878. The summed E-state index contributed by atoms with van der Waals surface area (Å²) in [5, 5.41) is 0. The Morgan fingerprint density at radius 1 is 0.778 bits per heavy atom. The largest absolute Gasteiger partial charge is 0.367 e. The summed E-state index contributed by atoms with van der Waals surface area (Å²) >= 11 is 0. The molecule has 0 saturated carbocycles. The van der Waals surface area contributed by atoms with Gasteiger partial charge in [0.25, 0.3) is 12.8 Å². The van der Waals surface area contributed by atoms with E-state index in [1.165, 1.54) is 0 Å². The molecule has 2 atom stereocenters. The molecule has 0 saturated heterocycles. The standard InChI is InChI=1S/C9H12F8O/c1-7(2,3)18-6(13)9(16,17)8(14,15)4(10)5(11)12/h4-6H,1-3H3. The Balaban J connectivity index is 5.11. The van der Waals surface area contributed by atoms with E-state index < -0.39 is 36.4 Å². The maximum atomic E-state index is 12.9. The Morgan fingerprint density at radius 3 is 1.44 bits per heavy atom. The predicted molar refractivity (Wildman–Crippen MR) is 46.5 cm³/mol. The Bertz CT molecular complexity index is 272. The van der Waals surface area contributed by atoms with Crippen LogP contribution in [0.3, 0.4) is 0 Å². The lowest BCUT2D eigenvalue weighted by Crippen LogP contribution is -2.57. The second-order valence-corrected chi connectivity index (χ2v) is 4.53. The van der Waals surface area contributed by atoms with Crippen LogP contribution in [-0.4, -0.2) is 36.4 Å². The lowest BCUT2D eigenvalue weighted by Gasteiger charge is -2.33. The number of ether oxygens (including phenoxy) is 1. The highest BCUT2D eigenvalue weighted by Gasteiger charge is 2.69. The molecule has 0 aromatic carbocycles. The van der Waals surface area contributed by atoms with E-state index in [9.17, 15) is 35.1 Å². The van der Waals surface area contributed by atoms with Gasteiger partial charge >= 0.3 is 11.8 Å². The molecule has 0 heterocycles. The molecule has 110 valence electrons. The summed E-state index contributed by atoms with van der Waals surface area (Å²) in [4.78, 5) is 0. The van der Waals surface area contributed by atoms with Gasteiger partial charge in [-0.25, -0.2) is 17.6 Å². The third kappa shape index (κ3) is 3.69. The van der Waals surface area contributed by atoms with Gasteiger partial charge in [0.05, 0.1) is 5.60 Å². The number of rotatable bonds is 5. The van der Waals surface area contributed by atoms with Crippen LogP contribution in [0.15, 0.2) is 0 Å². The molecule has 0 bridgehead atoms. The maximum Gasteiger partial charge on any atom is 0.367 e. The van der Waals surface area contributed by atoms with E-state index in [4.69, 9.17) is 0 Å². The van der Waals surface area contributed by atoms with Crippen molar-refractivity contribution in [2.45, 2.75) is 57.2 Å². The molecular formula is C9H12F8O. The SMILES string of the molecule is CC(C)(C)OC(F)C(F)(F)C(F)(F)C(F)C(F)F. The van der Waals surface area contributed by atoms with Crippen molar-refractivity contribution < 1.29 is 39.9 Å². The van der Waals surface area contributed by atoms with Crippen molar-refractivity contribution in [3.8, 4) is 0 Å². The van der Waals surface area contributed by atoms with Crippen molar-refractivity contribution in [2.75, 3.05) is 0 Å². The third-order valence-electron chi connectivity index (χ3n) is 1.75. The van der Waals surface area contributed by atoms with E-state index in [0.29, 0.717) is 0 Å². The second-order valence-electron chi connectivity index (χ2n) is 4.53. The van der Waals surface area contributed by atoms with Crippen molar-refractivity contribution in [3.63, 3.8) is 0 Å². The number of halogens is 8. The van der Waals surface area contributed by atoms with Gasteiger partial charge in [-0.15, -0.1) is 0 Å². The van der Waals surface area contributed by atoms with Gasteiger partial charge < -0.3 is 4.74 Å². The molecule has 0 aromatic rings. The van der Waals surface area contributed by atoms with Crippen molar-refractivity contribution in [3.05, 3.63) is 0 Å². The highest BCUT2D eigenvalue weighted by molar-refractivity contribution is 4.95. The van der Waals surface area contributed by atoms with Gasteiger partial charge in [0.15, 0.2) is 0 Å². The predicted octanol–water partition coefficient (Wildman–Crippen LogP) is 3.97. The van der Waals surface area contributed by atoms with E-state index in [1.54, 1.807) is 0 Å². The van der Waals surface area contributed by atoms with Crippen molar-refractivity contribution in [1.29, 1.82) is 0 Å². The minimum atomic E-state index is -5.88. The van der Waals surface area contributed by atoms with Crippen LogP contribution in [0, 0.1) is 0 Å². The van der Waals surface area contributed by atoms with Gasteiger partial charge in [-0.1, -0.05) is 0 Å². The van der Waals surface area contributed by atoms with Crippen LogP contribution in [-0.2, 0) is 4.74 Å². The van der Waals surface area contributed by atoms with Crippen molar-refractivity contribution in [1.82, 2.24) is 0 Å². The summed E-state index contributed by atoms with van der Waals surface area (Å²) in [5.41, 5.74) is -1.57. The Morgan fingerprint density at radius 2 is 1.17 bits per heavy atom. The molecule has 0 fully saturated rings. The van der Waals surface area contributed by atoms with E-state index in [1.807, 2.05) is 0 Å². The van der Waals surface area contributed by atoms with Crippen LogP contribution >= 0.6 is 0 Å². The smallest absolute Gasteiger partial charge is 0.338 e. The van der Waals surface area contributed by atoms with Gasteiger partial charge in [-0.2, -0.15) is 17.6 Å². The first-order chi connectivity index (χ1) is 7.73. The molecule has 2 unspecified atom stereocenters. The third-order valence-corrected chi connectivity index (χ3v) is 1.75. The fourth-order valence-electron chi connectivity index (χ4n) is 0.878. The second kappa shape index (κ2) is 5.18. The molecule has 1 nitrogen and oxygen atoms in total. The van der Waals surface area contributed by atoms with Gasteiger partial charge in [0.2, 0.25) is 6.17 Å². The van der Waals surface area contributed by atoms with Crippen LogP contribution in [0.25, 0.3) is 0 Å². The Hall–Kier alpha value is -0.600. The lowest BCUT2D eigenvalue weighted by molar-refractivity contribution is -0.332. The van der Waals surface area contributed by atoms with Gasteiger partial charge in [-0.05, 0) is 20.8 Å². The van der Waals surface area contributed by atoms with E-state index in [2.05, 4.69) is 4.74 Å². The highest BCUT2D eigenvalue weighted by Crippen LogP contribution is 2.44. The molecule has 0 aliphatic carbocycles. The van der Waals surface area contributed by atoms with E-state index in [-0.39, 0.29) is 0 Å². The molecule has 0 spiro atoms. The van der Waals surface area contributed by atoms with Gasteiger partial charge in [-0.3, -0.25) is 0 Å². The monoisotopic (exact) mass is 288 g/mol. The molecule has 0 aliphatic heterocycles. The maximum absolute atomic E-state index is 12.9. The Labute approximate surface area is 98.1 Å². The number of hydrogen-bond acceptors (Lipinski definition) is 1. The first-order valence-electron chi connectivity index (χ1n) is 4.73. The summed E-state index contributed by atoms with van der Waals surface area (Å²) in [7, 11) is 0. The minimum absolute atomic E-state index is 1.08. The molecule has 0 N–H and O–H groups in total. The summed E-state index contributed by atoms with van der Waals surface area (Å²) in [5.74, 6) is -11.6. The normalized spacial score (nSPS) is 18.0. The van der Waals surface area contributed by atoms with E-state index >= 15 is 0 Å². The molecule has 0 radical (unpaired) electrons. The summed E-state index contributed by atoms with van der Waals surface area (Å²) < 4.78 is 104. The average Bonchev–Trinajstić information content (AvgIpc) is 2.13. The van der Waals surface area contributed by atoms with Crippen LogP contribution < -0.4 is 0 Å². The zero-order valence-corrected chi connectivity index (χ0v) is 9.66. The molecule has 0 rings (SSSR count). The molecule has 0 aliphatic rings. The minimum Gasteiger partial charge on any atom is -0.338 e. The van der Waals surface area contributed by atoms with Gasteiger partial charge in [0, 0.05) is 0 Å². The molecule has 0 aromatic heterocycles. The van der Waals surface area contributed by atoms with Crippen molar-refractivity contribution in [2.24, 2.45) is 0 Å². The zero-order chi connectivity index (χ0) is 14.9. The Kier molecular flexibility index (Phi) is 5.01. The summed E-state index contributed by atoms with van der Waals surface area (Å²) in [6, 6.07) is 0. The van der Waals surface area contributed by atoms with E-state index in [0.717, 1.165) is 20.8 Å². The van der Waals surface area contributed by atoms with Crippen LogP contribution in [0.4, 0.5) is 35.1 Å². The molecule has 0 amide bonds. The molecular weight excluding hydrogens is 276 g/mol. The summed E-state index contributed by atoms with van der Waals surface area (Å²) in [6.07, 6.45) is -12.8. The first-order valence-corrected chi connectivity index (χ1v) is 4.73. The van der Waals surface area contributed by atoms with Crippen molar-refractivity contribution >= 4 is 0 Å². The van der Waals surface area contributed by atoms with Crippen LogP contribution in [0.5, 0.6) is 0 Å². The average molecular weight is 288 g/mol.